The van der Waals surface area contributed by atoms with Gasteiger partial charge in [0.1, 0.15) is 18.4 Å². The molecule has 1 atom stereocenters. The summed E-state index contributed by atoms with van der Waals surface area (Å²) >= 11 is 6.39. The van der Waals surface area contributed by atoms with E-state index in [1.807, 2.05) is 48.5 Å². The average Bonchev–Trinajstić information content (AvgIpc) is 2.79. The maximum absolute atomic E-state index is 13.1. The Kier molecular flexibility index (Phi) is 7.68. The smallest absolute Gasteiger partial charge is 0.328 e. The van der Waals surface area contributed by atoms with E-state index in [1.54, 1.807) is 37.3 Å². The van der Waals surface area contributed by atoms with E-state index >= 15 is 0 Å². The molecule has 0 saturated heterocycles. The third-order valence-electron chi connectivity index (χ3n) is 4.82. The van der Waals surface area contributed by atoms with Crippen molar-refractivity contribution in [3.8, 4) is 5.75 Å². The van der Waals surface area contributed by atoms with Crippen LogP contribution in [-0.2, 0) is 27.4 Å². The Labute approximate surface area is 187 Å². The fraction of sp³-hybridized carbons (Fsp3) is 0.200. The van der Waals surface area contributed by atoms with Gasteiger partial charge in [-0.3, -0.25) is 9.69 Å². The van der Waals surface area contributed by atoms with Crippen LogP contribution in [0.15, 0.2) is 78.9 Å². The van der Waals surface area contributed by atoms with Gasteiger partial charge < -0.3 is 9.47 Å². The number of amides is 1. The highest BCUT2D eigenvalue weighted by Gasteiger charge is 2.28. The molecule has 0 radical (unpaired) electrons. The van der Waals surface area contributed by atoms with Crippen molar-refractivity contribution in [2.75, 3.05) is 12.0 Å². The first-order chi connectivity index (χ1) is 15.0. The second kappa shape index (κ2) is 10.6. The number of benzene rings is 3. The van der Waals surface area contributed by atoms with E-state index in [1.165, 1.54) is 12.0 Å². The average molecular weight is 438 g/mol. The molecule has 0 bridgehead atoms. The summed E-state index contributed by atoms with van der Waals surface area (Å²) in [5.41, 5.74) is 2.38. The second-order valence-corrected chi connectivity index (χ2v) is 7.42. The van der Waals surface area contributed by atoms with Gasteiger partial charge in [0.2, 0.25) is 5.91 Å². The van der Waals surface area contributed by atoms with Gasteiger partial charge in [0, 0.05) is 5.69 Å². The SMILES string of the molecule is COC(=O)C(C)N(C(=O)Cc1ccc(OCc2ccccc2)c(Cl)c1)c1ccccc1. The van der Waals surface area contributed by atoms with Crippen molar-refractivity contribution in [1.29, 1.82) is 0 Å². The van der Waals surface area contributed by atoms with Crippen LogP contribution >= 0.6 is 11.6 Å². The molecule has 3 aromatic carbocycles. The van der Waals surface area contributed by atoms with Crippen molar-refractivity contribution < 1.29 is 19.1 Å². The number of nitrogens with zero attached hydrogens (tertiary/aromatic N) is 1. The fourth-order valence-electron chi connectivity index (χ4n) is 3.21. The van der Waals surface area contributed by atoms with E-state index in [0.29, 0.717) is 23.1 Å². The lowest BCUT2D eigenvalue weighted by molar-refractivity contribution is -0.143. The number of esters is 1. The van der Waals surface area contributed by atoms with Gasteiger partial charge >= 0.3 is 5.97 Å². The minimum Gasteiger partial charge on any atom is -0.487 e. The molecule has 3 rings (SSSR count). The Hall–Kier alpha value is -3.31. The third kappa shape index (κ3) is 5.86. The van der Waals surface area contributed by atoms with Crippen molar-refractivity contribution in [3.05, 3.63) is 95.0 Å². The Morgan fingerprint density at radius 3 is 2.19 bits per heavy atom. The first kappa shape index (κ1) is 22.4. The van der Waals surface area contributed by atoms with Crippen LogP contribution in [0.25, 0.3) is 0 Å². The molecule has 1 unspecified atom stereocenters. The number of para-hydroxylation sites is 1. The lowest BCUT2D eigenvalue weighted by Gasteiger charge is -2.27. The van der Waals surface area contributed by atoms with Crippen molar-refractivity contribution in [3.63, 3.8) is 0 Å². The van der Waals surface area contributed by atoms with E-state index in [0.717, 1.165) is 11.1 Å². The quantitative estimate of drug-likeness (QED) is 0.462. The topological polar surface area (TPSA) is 55.8 Å². The Bertz CT molecular complexity index is 1020. The lowest BCUT2D eigenvalue weighted by atomic mass is 10.1. The van der Waals surface area contributed by atoms with Crippen LogP contribution in [0.3, 0.4) is 0 Å². The molecule has 0 aliphatic heterocycles. The number of hydrogen-bond acceptors (Lipinski definition) is 4. The summed E-state index contributed by atoms with van der Waals surface area (Å²) in [4.78, 5) is 26.7. The number of anilines is 1. The predicted molar refractivity (Wildman–Crippen MR) is 121 cm³/mol. The second-order valence-electron chi connectivity index (χ2n) is 7.01. The van der Waals surface area contributed by atoms with Crippen LogP contribution in [0.1, 0.15) is 18.1 Å². The molecular weight excluding hydrogens is 414 g/mol. The fourth-order valence-corrected chi connectivity index (χ4v) is 3.47. The molecule has 0 spiro atoms. The van der Waals surface area contributed by atoms with Gasteiger partial charge in [-0.2, -0.15) is 0 Å². The Morgan fingerprint density at radius 1 is 0.935 bits per heavy atom. The zero-order valence-electron chi connectivity index (χ0n) is 17.5. The molecule has 1 amide bonds. The summed E-state index contributed by atoms with van der Waals surface area (Å²) in [6.45, 7) is 2.04. The highest BCUT2D eigenvalue weighted by Crippen LogP contribution is 2.27. The van der Waals surface area contributed by atoms with Crippen LogP contribution in [0.2, 0.25) is 5.02 Å². The molecule has 0 aliphatic carbocycles. The summed E-state index contributed by atoms with van der Waals surface area (Å²) in [6, 6.07) is 23.3. The van der Waals surface area contributed by atoms with Crippen LogP contribution in [0, 0.1) is 0 Å². The molecule has 3 aromatic rings. The van der Waals surface area contributed by atoms with Gasteiger partial charge in [0.15, 0.2) is 0 Å². The molecule has 31 heavy (non-hydrogen) atoms. The summed E-state index contributed by atoms with van der Waals surface area (Å²) in [6.07, 6.45) is 0.0783. The largest absolute Gasteiger partial charge is 0.487 e. The maximum Gasteiger partial charge on any atom is 0.328 e. The zero-order valence-corrected chi connectivity index (χ0v) is 18.2. The maximum atomic E-state index is 13.1. The van der Waals surface area contributed by atoms with Gasteiger partial charge in [0.05, 0.1) is 18.6 Å². The number of carbonyl (C=O) groups is 2. The zero-order chi connectivity index (χ0) is 22.2. The van der Waals surface area contributed by atoms with Crippen molar-refractivity contribution >= 4 is 29.2 Å². The molecular formula is C25H24ClNO4. The highest BCUT2D eigenvalue weighted by atomic mass is 35.5. The lowest BCUT2D eigenvalue weighted by Crippen LogP contribution is -2.44. The first-order valence-corrected chi connectivity index (χ1v) is 10.3. The number of rotatable bonds is 8. The van der Waals surface area contributed by atoms with Crippen LogP contribution in [0.5, 0.6) is 5.75 Å². The van der Waals surface area contributed by atoms with Crippen LogP contribution < -0.4 is 9.64 Å². The van der Waals surface area contributed by atoms with Gasteiger partial charge in [-0.25, -0.2) is 4.79 Å². The molecule has 160 valence electrons. The molecule has 0 aliphatic rings. The normalized spacial score (nSPS) is 11.5. The van der Waals surface area contributed by atoms with Gasteiger partial charge in [-0.1, -0.05) is 66.2 Å². The third-order valence-corrected chi connectivity index (χ3v) is 5.12. The summed E-state index contributed by atoms with van der Waals surface area (Å²) in [7, 11) is 1.31. The number of ether oxygens (including phenoxy) is 2. The van der Waals surface area contributed by atoms with Crippen LogP contribution in [0.4, 0.5) is 5.69 Å². The number of hydrogen-bond donors (Lipinski definition) is 0. The molecule has 0 N–H and O–H groups in total. The van der Waals surface area contributed by atoms with Crippen LogP contribution in [-0.4, -0.2) is 25.0 Å². The van der Waals surface area contributed by atoms with Crippen molar-refractivity contribution in [2.45, 2.75) is 26.0 Å². The summed E-state index contributed by atoms with van der Waals surface area (Å²) in [5, 5.41) is 0.425. The summed E-state index contributed by atoms with van der Waals surface area (Å²) in [5.74, 6) is -0.178. The number of halogens is 1. The first-order valence-electron chi connectivity index (χ1n) is 9.89. The van der Waals surface area contributed by atoms with Crippen molar-refractivity contribution in [1.82, 2.24) is 0 Å². The summed E-state index contributed by atoms with van der Waals surface area (Å²) < 4.78 is 10.6. The Balaban J connectivity index is 1.74. The van der Waals surface area contributed by atoms with E-state index in [-0.39, 0.29) is 12.3 Å². The van der Waals surface area contributed by atoms with Crippen molar-refractivity contribution in [2.24, 2.45) is 0 Å². The van der Waals surface area contributed by atoms with E-state index in [4.69, 9.17) is 21.1 Å². The van der Waals surface area contributed by atoms with E-state index in [2.05, 4.69) is 0 Å². The van der Waals surface area contributed by atoms with E-state index in [9.17, 15) is 9.59 Å². The van der Waals surface area contributed by atoms with Gasteiger partial charge in [0.25, 0.3) is 0 Å². The number of carbonyl (C=O) groups excluding carboxylic acids is 2. The standard InChI is InChI=1S/C25H24ClNO4/c1-18(25(29)30-2)27(21-11-7-4-8-12-21)24(28)16-20-13-14-23(22(26)15-20)31-17-19-9-5-3-6-10-19/h3-15,18H,16-17H2,1-2H3. The molecule has 0 fully saturated rings. The number of methoxy groups -OCH3 is 1. The highest BCUT2D eigenvalue weighted by molar-refractivity contribution is 6.32. The minimum absolute atomic E-state index is 0.0783. The predicted octanol–water partition coefficient (Wildman–Crippen LogP) is 5.06. The van der Waals surface area contributed by atoms with Gasteiger partial charge in [-0.15, -0.1) is 0 Å². The molecule has 6 heteroatoms. The van der Waals surface area contributed by atoms with Gasteiger partial charge in [-0.05, 0) is 42.3 Å². The Morgan fingerprint density at radius 2 is 1.58 bits per heavy atom. The van der Waals surface area contributed by atoms with E-state index < -0.39 is 12.0 Å². The molecule has 5 nitrogen and oxygen atoms in total. The minimum atomic E-state index is -0.760. The molecule has 0 aromatic heterocycles. The monoisotopic (exact) mass is 437 g/mol. The molecule has 0 heterocycles. The molecule has 0 saturated carbocycles.